The van der Waals surface area contributed by atoms with Crippen molar-refractivity contribution in [1.29, 1.82) is 0 Å². The van der Waals surface area contributed by atoms with Crippen molar-refractivity contribution in [3.63, 3.8) is 0 Å². The number of carbonyl (C=O) groups is 1. The second kappa shape index (κ2) is 19.1. The Bertz CT molecular complexity index is 1180. The zero-order chi connectivity index (χ0) is 19.8. The molecule has 0 heterocycles. The minimum absolute atomic E-state index is 0.104. The van der Waals surface area contributed by atoms with Crippen LogP contribution in [0.2, 0.25) is 0 Å². The van der Waals surface area contributed by atoms with Gasteiger partial charge in [-0.3, -0.25) is 0 Å². The predicted octanol–water partition coefficient (Wildman–Crippen LogP) is -0.424. The maximum atomic E-state index is 10.9. The van der Waals surface area contributed by atoms with Crippen LogP contribution in [-0.2, 0) is 9.53 Å². The molecule has 0 unspecified atom stereocenters. The van der Waals surface area contributed by atoms with Gasteiger partial charge in [-0.1, -0.05) is 5.92 Å². The van der Waals surface area contributed by atoms with Crippen molar-refractivity contribution in [3.8, 4) is 118 Å². The second-order valence-electron chi connectivity index (χ2n) is 3.48. The molecule has 122 valence electrons. The Morgan fingerprint density at radius 1 is 0.630 bits per heavy atom. The third kappa shape index (κ3) is 19.0. The second-order valence-corrected chi connectivity index (χ2v) is 3.48. The van der Waals surface area contributed by atoms with Crippen molar-refractivity contribution in [3.05, 3.63) is 0 Å². The van der Waals surface area contributed by atoms with E-state index in [4.69, 9.17) is 5.11 Å². The monoisotopic (exact) mass is 344 g/mol. The summed E-state index contributed by atoms with van der Waals surface area (Å²) in [5.74, 6) is 48.0. The molecule has 0 radical (unpaired) electrons. The number of aliphatic hydroxyl groups excluding tert-OH is 1. The molecule has 0 rings (SSSR count). The lowest BCUT2D eigenvalue weighted by molar-refractivity contribution is -0.137. The van der Waals surface area contributed by atoms with E-state index in [9.17, 15) is 4.79 Å². The summed E-state index contributed by atoms with van der Waals surface area (Å²) in [6, 6.07) is 0. The zero-order valence-corrected chi connectivity index (χ0v) is 14.2. The molecule has 0 aliphatic heterocycles. The molecule has 0 atom stereocenters. The summed E-state index contributed by atoms with van der Waals surface area (Å²) in [6.07, 6.45) is 0. The van der Waals surface area contributed by atoms with Crippen molar-refractivity contribution < 1.29 is 14.6 Å². The first-order chi connectivity index (χ1) is 13.3. The molecule has 0 bridgehead atoms. The maximum Gasteiger partial charge on any atom is 0.385 e. The molecule has 0 aliphatic rings. The summed E-state index contributed by atoms with van der Waals surface area (Å²) < 4.78 is 4.49. The standard InChI is InChI=1S/C24H8O3/c1-2-3-4-5-6-7-8-9-10-11-12-13-14-15-16-17-18-19-20-21-24(26)27-23-22-25/h25H,22-23H2,1H3. The summed E-state index contributed by atoms with van der Waals surface area (Å²) in [5, 5.41) is 8.43. The van der Waals surface area contributed by atoms with Gasteiger partial charge in [0.1, 0.15) is 6.61 Å². The van der Waals surface area contributed by atoms with Gasteiger partial charge in [0.2, 0.25) is 0 Å². The van der Waals surface area contributed by atoms with E-state index in [1.807, 2.05) is 0 Å². The lowest BCUT2D eigenvalue weighted by Crippen LogP contribution is -2.05. The van der Waals surface area contributed by atoms with Crippen LogP contribution in [0.5, 0.6) is 0 Å². The minimum Gasteiger partial charge on any atom is -0.454 e. The highest BCUT2D eigenvalue weighted by Gasteiger charge is 1.92. The summed E-state index contributed by atoms with van der Waals surface area (Å²) in [5.41, 5.74) is 0. The van der Waals surface area contributed by atoms with Crippen molar-refractivity contribution in [2.45, 2.75) is 6.92 Å². The van der Waals surface area contributed by atoms with E-state index in [-0.39, 0.29) is 13.2 Å². The Labute approximate surface area is 159 Å². The average molecular weight is 344 g/mol. The maximum absolute atomic E-state index is 10.9. The number of esters is 1. The van der Waals surface area contributed by atoms with Gasteiger partial charge >= 0.3 is 5.97 Å². The van der Waals surface area contributed by atoms with Crippen molar-refractivity contribution >= 4 is 5.97 Å². The molecular weight excluding hydrogens is 336 g/mol. The quantitative estimate of drug-likeness (QED) is 0.420. The molecule has 0 aromatic rings. The molecule has 0 spiro atoms. The summed E-state index contributed by atoms with van der Waals surface area (Å²) in [6.45, 7) is 1.32. The number of rotatable bonds is 2. The number of aliphatic hydroxyl groups is 1. The highest BCUT2D eigenvalue weighted by atomic mass is 16.5. The van der Waals surface area contributed by atoms with E-state index in [0.717, 1.165) is 0 Å². The van der Waals surface area contributed by atoms with Crippen LogP contribution in [0.25, 0.3) is 0 Å². The van der Waals surface area contributed by atoms with Gasteiger partial charge in [0.15, 0.2) is 0 Å². The first-order valence-corrected chi connectivity index (χ1v) is 7.01. The van der Waals surface area contributed by atoms with Crippen LogP contribution < -0.4 is 0 Å². The largest absolute Gasteiger partial charge is 0.454 e. The van der Waals surface area contributed by atoms with Crippen LogP contribution in [0.3, 0.4) is 0 Å². The van der Waals surface area contributed by atoms with E-state index >= 15 is 0 Å². The molecule has 27 heavy (non-hydrogen) atoms. The SMILES string of the molecule is CC#CC#CC#CC#CC#CC#CC#CC#CC#CC#CC(=O)OCCO. The van der Waals surface area contributed by atoms with Gasteiger partial charge in [0, 0.05) is 17.8 Å². The predicted molar refractivity (Wildman–Crippen MR) is 101 cm³/mol. The van der Waals surface area contributed by atoms with Gasteiger partial charge in [-0.05, 0) is 102 Å². The molecule has 1 N–H and O–H groups in total. The summed E-state index contributed by atoms with van der Waals surface area (Å²) >= 11 is 0. The third-order valence-corrected chi connectivity index (χ3v) is 1.68. The van der Waals surface area contributed by atoms with Gasteiger partial charge in [0.05, 0.1) is 6.61 Å². The highest BCUT2D eigenvalue weighted by molar-refractivity contribution is 5.89. The van der Waals surface area contributed by atoms with E-state index < -0.39 is 5.97 Å². The van der Waals surface area contributed by atoms with Crippen LogP contribution in [-0.4, -0.2) is 24.3 Å². The Hall–Kier alpha value is -4.97. The van der Waals surface area contributed by atoms with Crippen molar-refractivity contribution in [1.82, 2.24) is 0 Å². The van der Waals surface area contributed by atoms with Crippen LogP contribution >= 0.6 is 0 Å². The first-order valence-electron chi connectivity index (χ1n) is 7.01. The van der Waals surface area contributed by atoms with Crippen molar-refractivity contribution in [2.24, 2.45) is 0 Å². The highest BCUT2D eigenvalue weighted by Crippen LogP contribution is 1.73. The Balaban J connectivity index is 4.38. The molecule has 0 saturated heterocycles. The van der Waals surface area contributed by atoms with Gasteiger partial charge in [-0.25, -0.2) is 4.79 Å². The van der Waals surface area contributed by atoms with E-state index in [2.05, 4.69) is 123 Å². The Kier molecular flexibility index (Phi) is 15.6. The summed E-state index contributed by atoms with van der Waals surface area (Å²) in [4.78, 5) is 10.9. The van der Waals surface area contributed by atoms with Crippen LogP contribution in [0.15, 0.2) is 0 Å². The molecule has 0 saturated carbocycles. The molecular formula is C24H8O3. The molecule has 3 nitrogen and oxygen atoms in total. The van der Waals surface area contributed by atoms with E-state index in [0.29, 0.717) is 0 Å². The molecule has 3 heteroatoms. The number of hydrogen-bond acceptors (Lipinski definition) is 3. The molecule has 0 aliphatic carbocycles. The minimum atomic E-state index is -0.769. The fraction of sp³-hybridized carbons (Fsp3) is 0.125. The number of hydrogen-bond donors (Lipinski definition) is 1. The molecule has 0 fully saturated rings. The lowest BCUT2D eigenvalue weighted by Gasteiger charge is -1.92. The number of ether oxygens (including phenoxy) is 1. The summed E-state index contributed by atoms with van der Waals surface area (Å²) in [7, 11) is 0. The smallest absolute Gasteiger partial charge is 0.385 e. The van der Waals surface area contributed by atoms with Crippen LogP contribution in [0.1, 0.15) is 6.92 Å². The van der Waals surface area contributed by atoms with Crippen molar-refractivity contribution in [2.75, 3.05) is 13.2 Å². The fourth-order valence-corrected chi connectivity index (χ4v) is 0.819. The van der Waals surface area contributed by atoms with Gasteiger partial charge in [-0.2, -0.15) is 0 Å². The molecule has 0 aromatic carbocycles. The number of carbonyl (C=O) groups excluding carboxylic acids is 1. The van der Waals surface area contributed by atoms with Gasteiger partial charge in [0.25, 0.3) is 0 Å². The van der Waals surface area contributed by atoms with Gasteiger partial charge < -0.3 is 9.84 Å². The first kappa shape index (κ1) is 22.0. The van der Waals surface area contributed by atoms with Crippen LogP contribution in [0.4, 0.5) is 0 Å². The molecule has 0 amide bonds. The molecule has 0 aromatic heterocycles. The Morgan fingerprint density at radius 3 is 1.30 bits per heavy atom. The zero-order valence-electron chi connectivity index (χ0n) is 14.2. The third-order valence-electron chi connectivity index (χ3n) is 1.68. The normalized spacial score (nSPS) is 5.11. The van der Waals surface area contributed by atoms with E-state index in [1.54, 1.807) is 6.92 Å². The average Bonchev–Trinajstić information content (AvgIpc) is 2.68. The van der Waals surface area contributed by atoms with Gasteiger partial charge in [-0.15, -0.1) is 0 Å². The van der Waals surface area contributed by atoms with Crippen LogP contribution in [0, 0.1) is 118 Å². The Morgan fingerprint density at radius 2 is 0.963 bits per heavy atom. The fourth-order valence-electron chi connectivity index (χ4n) is 0.819. The topological polar surface area (TPSA) is 46.5 Å². The lowest BCUT2D eigenvalue weighted by atomic mass is 10.4. The van der Waals surface area contributed by atoms with E-state index in [1.165, 1.54) is 0 Å².